The summed E-state index contributed by atoms with van der Waals surface area (Å²) in [6.07, 6.45) is 2.52. The zero-order chi connectivity index (χ0) is 14.4. The van der Waals surface area contributed by atoms with Gasteiger partial charge in [-0.1, -0.05) is 0 Å². The number of ether oxygens (including phenoxy) is 2. The summed E-state index contributed by atoms with van der Waals surface area (Å²) >= 11 is 0. The molecule has 6 heteroatoms. The van der Waals surface area contributed by atoms with E-state index >= 15 is 0 Å². The lowest BCUT2D eigenvalue weighted by Gasteiger charge is -2.33. The van der Waals surface area contributed by atoms with Crippen LogP contribution in [0.4, 0.5) is 11.6 Å². The van der Waals surface area contributed by atoms with Crippen molar-refractivity contribution >= 4 is 11.6 Å². The average molecular weight is 280 g/mol. The van der Waals surface area contributed by atoms with Crippen LogP contribution in [0.15, 0.2) is 6.07 Å². The van der Waals surface area contributed by atoms with E-state index in [-0.39, 0.29) is 6.10 Å². The number of rotatable bonds is 6. The van der Waals surface area contributed by atoms with E-state index in [9.17, 15) is 0 Å². The molecular formula is C14H24N4O2. The molecule has 0 spiro atoms. The molecule has 1 unspecified atom stereocenters. The van der Waals surface area contributed by atoms with E-state index in [4.69, 9.17) is 9.47 Å². The SMILES string of the molecule is CCOCc1nc(NC)cc(N2CCCC(OC)C2)n1. The van der Waals surface area contributed by atoms with Crippen molar-refractivity contribution in [2.24, 2.45) is 0 Å². The third-order valence-electron chi connectivity index (χ3n) is 3.49. The van der Waals surface area contributed by atoms with Gasteiger partial charge in [0, 0.05) is 39.9 Å². The fourth-order valence-corrected chi connectivity index (χ4v) is 2.37. The first-order chi connectivity index (χ1) is 9.76. The van der Waals surface area contributed by atoms with Gasteiger partial charge in [-0.05, 0) is 19.8 Å². The second-order valence-electron chi connectivity index (χ2n) is 4.86. The maximum Gasteiger partial charge on any atom is 0.158 e. The maximum atomic E-state index is 5.47. The molecule has 6 nitrogen and oxygen atoms in total. The number of hydrogen-bond donors (Lipinski definition) is 1. The zero-order valence-corrected chi connectivity index (χ0v) is 12.6. The van der Waals surface area contributed by atoms with Crippen LogP contribution >= 0.6 is 0 Å². The molecule has 2 heterocycles. The smallest absolute Gasteiger partial charge is 0.158 e. The minimum absolute atomic E-state index is 0.284. The summed E-state index contributed by atoms with van der Waals surface area (Å²) in [4.78, 5) is 11.3. The fraction of sp³-hybridized carbons (Fsp3) is 0.714. The number of nitrogens with zero attached hydrogens (tertiary/aromatic N) is 3. The van der Waals surface area contributed by atoms with Gasteiger partial charge in [0.15, 0.2) is 5.82 Å². The molecule has 2 rings (SSSR count). The number of methoxy groups -OCH3 is 1. The highest BCUT2D eigenvalue weighted by atomic mass is 16.5. The molecule has 1 aromatic rings. The number of nitrogens with one attached hydrogen (secondary N) is 1. The molecule has 20 heavy (non-hydrogen) atoms. The Morgan fingerprint density at radius 3 is 3.00 bits per heavy atom. The van der Waals surface area contributed by atoms with E-state index in [1.807, 2.05) is 20.0 Å². The molecule has 1 aliphatic heterocycles. The number of hydrogen-bond acceptors (Lipinski definition) is 6. The van der Waals surface area contributed by atoms with E-state index in [1.54, 1.807) is 7.11 Å². The minimum Gasteiger partial charge on any atom is -0.380 e. The van der Waals surface area contributed by atoms with Gasteiger partial charge in [0.2, 0.25) is 0 Å². The van der Waals surface area contributed by atoms with Crippen molar-refractivity contribution in [2.75, 3.05) is 44.1 Å². The van der Waals surface area contributed by atoms with Gasteiger partial charge in [-0.15, -0.1) is 0 Å². The Hall–Kier alpha value is -1.40. The Morgan fingerprint density at radius 1 is 1.45 bits per heavy atom. The predicted octanol–water partition coefficient (Wildman–Crippen LogP) is 1.67. The van der Waals surface area contributed by atoms with Crippen molar-refractivity contribution in [1.29, 1.82) is 0 Å². The fourth-order valence-electron chi connectivity index (χ4n) is 2.37. The molecule has 1 N–H and O–H groups in total. The van der Waals surface area contributed by atoms with Gasteiger partial charge >= 0.3 is 0 Å². The van der Waals surface area contributed by atoms with Gasteiger partial charge in [-0.3, -0.25) is 0 Å². The first-order valence-electron chi connectivity index (χ1n) is 7.18. The van der Waals surface area contributed by atoms with Gasteiger partial charge in [-0.2, -0.15) is 0 Å². The topological polar surface area (TPSA) is 59.5 Å². The van der Waals surface area contributed by atoms with Crippen molar-refractivity contribution in [3.63, 3.8) is 0 Å². The third-order valence-corrected chi connectivity index (χ3v) is 3.49. The summed E-state index contributed by atoms with van der Waals surface area (Å²) in [6, 6.07) is 1.98. The molecule has 0 aromatic carbocycles. The average Bonchev–Trinajstić information content (AvgIpc) is 2.52. The second-order valence-corrected chi connectivity index (χ2v) is 4.86. The molecule has 1 aliphatic rings. The molecule has 0 aliphatic carbocycles. The summed E-state index contributed by atoms with van der Waals surface area (Å²) in [6.45, 7) is 4.97. The molecule has 0 amide bonds. The zero-order valence-electron chi connectivity index (χ0n) is 12.6. The third kappa shape index (κ3) is 3.80. The Bertz CT molecular complexity index is 428. The van der Waals surface area contributed by atoms with Gasteiger partial charge in [0.05, 0.1) is 6.10 Å². The Labute approximate surface area is 120 Å². The molecule has 0 saturated carbocycles. The lowest BCUT2D eigenvalue weighted by atomic mass is 10.1. The molecule has 0 radical (unpaired) electrons. The van der Waals surface area contributed by atoms with Crippen LogP contribution in [-0.2, 0) is 16.1 Å². The maximum absolute atomic E-state index is 5.47. The van der Waals surface area contributed by atoms with Gasteiger partial charge in [-0.25, -0.2) is 9.97 Å². The molecule has 112 valence electrons. The largest absolute Gasteiger partial charge is 0.380 e. The molecule has 1 atom stereocenters. The highest BCUT2D eigenvalue weighted by molar-refractivity contribution is 5.49. The van der Waals surface area contributed by atoms with Crippen LogP contribution in [0.1, 0.15) is 25.6 Å². The minimum atomic E-state index is 0.284. The number of anilines is 2. The highest BCUT2D eigenvalue weighted by Crippen LogP contribution is 2.21. The molecular weight excluding hydrogens is 256 g/mol. The second kappa shape index (κ2) is 7.40. The summed E-state index contributed by atoms with van der Waals surface area (Å²) in [5.41, 5.74) is 0. The quantitative estimate of drug-likeness (QED) is 0.855. The predicted molar refractivity (Wildman–Crippen MR) is 79.2 cm³/mol. The van der Waals surface area contributed by atoms with E-state index in [0.717, 1.165) is 37.6 Å². The van der Waals surface area contributed by atoms with Crippen LogP contribution in [0.2, 0.25) is 0 Å². The van der Waals surface area contributed by atoms with Gasteiger partial charge in [0.25, 0.3) is 0 Å². The first kappa shape index (κ1) is 15.0. The summed E-state index contributed by atoms with van der Waals surface area (Å²) < 4.78 is 10.9. The summed E-state index contributed by atoms with van der Waals surface area (Å²) in [7, 11) is 3.64. The van der Waals surface area contributed by atoms with Crippen molar-refractivity contribution in [3.8, 4) is 0 Å². The van der Waals surface area contributed by atoms with Crippen LogP contribution in [0.5, 0.6) is 0 Å². The van der Waals surface area contributed by atoms with Crippen LogP contribution in [0.25, 0.3) is 0 Å². The summed E-state index contributed by atoms with van der Waals surface area (Å²) in [5, 5.41) is 3.08. The van der Waals surface area contributed by atoms with Crippen LogP contribution in [0, 0.1) is 0 Å². The standard InChI is InChI=1S/C14H24N4O2/c1-4-20-10-13-16-12(15-2)8-14(17-13)18-7-5-6-11(9-18)19-3/h8,11H,4-7,9-10H2,1-3H3,(H,15,16,17). The molecule has 1 aromatic heterocycles. The number of aromatic nitrogens is 2. The Morgan fingerprint density at radius 2 is 2.30 bits per heavy atom. The monoisotopic (exact) mass is 280 g/mol. The van der Waals surface area contributed by atoms with Crippen LogP contribution in [0.3, 0.4) is 0 Å². The van der Waals surface area contributed by atoms with Gasteiger partial charge in [0.1, 0.15) is 18.2 Å². The lowest BCUT2D eigenvalue weighted by molar-refractivity contribution is 0.0890. The Balaban J connectivity index is 2.16. The number of piperidine rings is 1. The normalized spacial score (nSPS) is 19.1. The summed E-state index contributed by atoms with van der Waals surface area (Å²) in [5.74, 6) is 2.48. The van der Waals surface area contributed by atoms with E-state index < -0.39 is 0 Å². The first-order valence-corrected chi connectivity index (χ1v) is 7.18. The van der Waals surface area contributed by atoms with Crippen molar-refractivity contribution in [3.05, 3.63) is 11.9 Å². The van der Waals surface area contributed by atoms with E-state index in [1.165, 1.54) is 0 Å². The molecule has 1 saturated heterocycles. The van der Waals surface area contributed by atoms with E-state index in [2.05, 4.69) is 20.2 Å². The van der Waals surface area contributed by atoms with Crippen LogP contribution < -0.4 is 10.2 Å². The van der Waals surface area contributed by atoms with Crippen LogP contribution in [-0.4, -0.2) is 49.9 Å². The highest BCUT2D eigenvalue weighted by Gasteiger charge is 2.21. The molecule has 0 bridgehead atoms. The molecule has 1 fully saturated rings. The van der Waals surface area contributed by atoms with E-state index in [0.29, 0.717) is 19.0 Å². The van der Waals surface area contributed by atoms with Crippen molar-refractivity contribution in [1.82, 2.24) is 9.97 Å². The Kier molecular flexibility index (Phi) is 5.55. The van der Waals surface area contributed by atoms with Crippen molar-refractivity contribution in [2.45, 2.75) is 32.5 Å². The lowest BCUT2D eigenvalue weighted by Crippen LogP contribution is -2.39. The van der Waals surface area contributed by atoms with Crippen molar-refractivity contribution < 1.29 is 9.47 Å². The van der Waals surface area contributed by atoms with Gasteiger partial charge < -0.3 is 19.7 Å².